The first kappa shape index (κ1) is 40.6. The van der Waals surface area contributed by atoms with Gasteiger partial charge in [-0.2, -0.15) is 0 Å². The molecule has 0 aliphatic rings. The Morgan fingerprint density at radius 2 is 0.696 bits per heavy atom. The lowest BCUT2D eigenvalue weighted by atomic mass is 9.64. The van der Waals surface area contributed by atoms with Gasteiger partial charge >= 0.3 is 0 Å². The Labute approximate surface area is 340 Å². The summed E-state index contributed by atoms with van der Waals surface area (Å²) in [5.41, 5.74) is 14.7. The van der Waals surface area contributed by atoms with Gasteiger partial charge in [0, 0.05) is 34.1 Å². The standard InChI is InChI=1S/C53H61BN2/c1-8-12-14-40-16-28-46(29-17-40)55(50-36-24-44(25-37-50)52(5,6)10-3)48-32-20-42(21-33-48)43-22-34-49(35-23-43)56(47-30-18-41(19-31-47)15-13-9-2)51-38-26-45(27-39-51)53(7,54)11-4/h16-39H,8-15H2,1-7H3. The molecule has 0 aliphatic carbocycles. The van der Waals surface area contributed by atoms with Gasteiger partial charge in [-0.05, 0) is 143 Å². The van der Waals surface area contributed by atoms with E-state index in [0.29, 0.717) is 0 Å². The average Bonchev–Trinajstić information content (AvgIpc) is 3.24. The summed E-state index contributed by atoms with van der Waals surface area (Å²) >= 11 is 0. The van der Waals surface area contributed by atoms with Gasteiger partial charge in [0.2, 0.25) is 0 Å². The van der Waals surface area contributed by atoms with Crippen molar-refractivity contribution in [1.29, 1.82) is 0 Å². The summed E-state index contributed by atoms with van der Waals surface area (Å²) in [6.45, 7) is 15.7. The van der Waals surface area contributed by atoms with Crippen molar-refractivity contribution in [3.05, 3.63) is 168 Å². The molecular formula is C53H61BN2. The number of hydrogen-bond acceptors (Lipinski definition) is 2. The minimum atomic E-state index is -0.353. The third kappa shape index (κ3) is 9.50. The maximum absolute atomic E-state index is 6.63. The number of rotatable bonds is 17. The van der Waals surface area contributed by atoms with E-state index in [-0.39, 0.29) is 10.7 Å². The molecule has 56 heavy (non-hydrogen) atoms. The van der Waals surface area contributed by atoms with Crippen LogP contribution in [0.5, 0.6) is 0 Å². The summed E-state index contributed by atoms with van der Waals surface area (Å²) < 4.78 is 0. The van der Waals surface area contributed by atoms with E-state index >= 15 is 0 Å². The van der Waals surface area contributed by atoms with Crippen LogP contribution in [0.2, 0.25) is 0 Å². The van der Waals surface area contributed by atoms with E-state index in [0.717, 1.165) is 59.7 Å². The van der Waals surface area contributed by atoms with Gasteiger partial charge in [0.05, 0.1) is 7.85 Å². The Balaban J connectivity index is 1.31. The maximum atomic E-state index is 6.63. The van der Waals surface area contributed by atoms with Crippen LogP contribution in [0.1, 0.15) is 109 Å². The molecule has 0 aliphatic heterocycles. The van der Waals surface area contributed by atoms with Crippen LogP contribution in [0.4, 0.5) is 34.1 Å². The van der Waals surface area contributed by atoms with Crippen molar-refractivity contribution in [3.8, 4) is 11.1 Å². The van der Waals surface area contributed by atoms with Crippen LogP contribution in [-0.4, -0.2) is 7.85 Å². The van der Waals surface area contributed by atoms with Gasteiger partial charge in [0.15, 0.2) is 0 Å². The normalized spacial score (nSPS) is 12.6. The summed E-state index contributed by atoms with van der Waals surface area (Å²) in [4.78, 5) is 4.72. The van der Waals surface area contributed by atoms with E-state index in [1.807, 2.05) is 0 Å². The second kappa shape index (κ2) is 18.3. The molecule has 6 rings (SSSR count). The van der Waals surface area contributed by atoms with Crippen LogP contribution >= 0.6 is 0 Å². The second-order valence-corrected chi connectivity index (χ2v) is 16.4. The molecule has 0 amide bonds. The number of anilines is 6. The number of hydrogen-bond donors (Lipinski definition) is 0. The van der Waals surface area contributed by atoms with E-state index in [9.17, 15) is 0 Å². The monoisotopic (exact) mass is 736 g/mol. The van der Waals surface area contributed by atoms with Crippen molar-refractivity contribution in [2.45, 2.75) is 111 Å². The van der Waals surface area contributed by atoms with Gasteiger partial charge in [-0.1, -0.05) is 146 Å². The molecule has 0 N–H and O–H groups in total. The quantitative estimate of drug-likeness (QED) is 0.0861. The van der Waals surface area contributed by atoms with Gasteiger partial charge in [-0.15, -0.1) is 0 Å². The zero-order valence-corrected chi connectivity index (χ0v) is 35.0. The molecule has 0 fully saturated rings. The van der Waals surface area contributed by atoms with E-state index in [1.54, 1.807) is 0 Å². The summed E-state index contributed by atoms with van der Waals surface area (Å²) in [5.74, 6) is 0. The highest BCUT2D eigenvalue weighted by Gasteiger charge is 2.21. The van der Waals surface area contributed by atoms with Gasteiger partial charge < -0.3 is 9.80 Å². The van der Waals surface area contributed by atoms with Crippen molar-refractivity contribution >= 4 is 42.0 Å². The Morgan fingerprint density at radius 1 is 0.393 bits per heavy atom. The molecule has 3 heteroatoms. The lowest BCUT2D eigenvalue weighted by Crippen LogP contribution is -2.20. The van der Waals surface area contributed by atoms with Gasteiger partial charge in [0.25, 0.3) is 0 Å². The summed E-state index contributed by atoms with van der Waals surface area (Å²) in [7, 11) is 6.63. The SMILES string of the molecule is [B]C(C)(CC)c1ccc(N(c2ccc(CCCC)cc2)c2ccc(-c3ccc(N(c4ccc(CCCC)cc4)c4ccc(C(C)(C)CC)cc4)cc3)cc2)cc1. The fraction of sp³-hybridized carbons (Fsp3) is 0.321. The number of unbranched alkanes of at least 4 members (excludes halogenated alkanes) is 2. The molecule has 2 radical (unpaired) electrons. The Morgan fingerprint density at radius 3 is 1.00 bits per heavy atom. The minimum absolute atomic E-state index is 0.142. The second-order valence-electron chi connectivity index (χ2n) is 16.4. The molecule has 2 nitrogen and oxygen atoms in total. The molecule has 0 spiro atoms. The minimum Gasteiger partial charge on any atom is -0.311 e. The highest BCUT2D eigenvalue weighted by atomic mass is 15.1. The molecule has 0 aromatic heterocycles. The summed E-state index contributed by atoms with van der Waals surface area (Å²) in [5, 5.41) is -0.353. The van der Waals surface area contributed by atoms with E-state index < -0.39 is 0 Å². The molecule has 0 bridgehead atoms. The molecular weight excluding hydrogens is 675 g/mol. The Kier molecular flexibility index (Phi) is 13.3. The van der Waals surface area contributed by atoms with Crippen LogP contribution in [0.15, 0.2) is 146 Å². The molecule has 0 saturated heterocycles. The van der Waals surface area contributed by atoms with Crippen molar-refractivity contribution in [2.75, 3.05) is 9.80 Å². The number of aryl methyl sites for hydroxylation is 2. The van der Waals surface area contributed by atoms with Gasteiger partial charge in [-0.3, -0.25) is 0 Å². The average molecular weight is 737 g/mol. The Bertz CT molecular complexity index is 1940. The van der Waals surface area contributed by atoms with Crippen LogP contribution in [-0.2, 0) is 23.6 Å². The van der Waals surface area contributed by atoms with Crippen LogP contribution in [0, 0.1) is 0 Å². The highest BCUT2D eigenvalue weighted by Crippen LogP contribution is 2.40. The van der Waals surface area contributed by atoms with Crippen molar-refractivity contribution in [3.63, 3.8) is 0 Å². The maximum Gasteiger partial charge on any atom is 0.0806 e. The molecule has 1 atom stereocenters. The fourth-order valence-corrected chi connectivity index (χ4v) is 7.35. The first-order valence-electron chi connectivity index (χ1n) is 21.1. The zero-order valence-electron chi connectivity index (χ0n) is 35.0. The predicted octanol–water partition coefficient (Wildman–Crippen LogP) is 15.5. The van der Waals surface area contributed by atoms with Crippen molar-refractivity contribution in [2.24, 2.45) is 0 Å². The van der Waals surface area contributed by atoms with E-state index in [4.69, 9.17) is 7.85 Å². The first-order chi connectivity index (χ1) is 27.1. The highest BCUT2D eigenvalue weighted by molar-refractivity contribution is 6.15. The van der Waals surface area contributed by atoms with Gasteiger partial charge in [0.1, 0.15) is 0 Å². The van der Waals surface area contributed by atoms with E-state index in [1.165, 1.54) is 59.2 Å². The third-order valence-electron chi connectivity index (χ3n) is 11.9. The summed E-state index contributed by atoms with van der Waals surface area (Å²) in [6.07, 6.45) is 9.03. The Hall–Kier alpha value is -5.02. The molecule has 286 valence electrons. The van der Waals surface area contributed by atoms with Gasteiger partial charge in [-0.25, -0.2) is 0 Å². The topological polar surface area (TPSA) is 6.48 Å². The predicted molar refractivity (Wildman–Crippen MR) is 245 cm³/mol. The summed E-state index contributed by atoms with van der Waals surface area (Å²) in [6, 6.07) is 54.1. The fourth-order valence-electron chi connectivity index (χ4n) is 7.35. The molecule has 0 saturated carbocycles. The van der Waals surface area contributed by atoms with Crippen molar-refractivity contribution < 1.29 is 0 Å². The molecule has 1 unspecified atom stereocenters. The lowest BCUT2D eigenvalue weighted by molar-refractivity contribution is 0.506. The van der Waals surface area contributed by atoms with Crippen molar-refractivity contribution in [1.82, 2.24) is 0 Å². The molecule has 0 heterocycles. The van der Waals surface area contributed by atoms with Crippen LogP contribution < -0.4 is 9.80 Å². The van der Waals surface area contributed by atoms with E-state index in [2.05, 4.69) is 204 Å². The number of benzene rings is 6. The van der Waals surface area contributed by atoms with Crippen LogP contribution in [0.3, 0.4) is 0 Å². The number of nitrogens with zero attached hydrogens (tertiary/aromatic N) is 2. The first-order valence-corrected chi connectivity index (χ1v) is 21.1. The third-order valence-corrected chi connectivity index (χ3v) is 11.9. The lowest BCUT2D eigenvalue weighted by Gasteiger charge is -2.28. The zero-order chi connectivity index (χ0) is 39.7. The molecule has 6 aromatic carbocycles. The molecule has 6 aromatic rings. The van der Waals surface area contributed by atoms with Crippen LogP contribution in [0.25, 0.3) is 11.1 Å². The smallest absolute Gasteiger partial charge is 0.0806 e. The largest absolute Gasteiger partial charge is 0.311 e.